The van der Waals surface area contributed by atoms with Crippen LogP contribution in [0.15, 0.2) is 6.20 Å². The van der Waals surface area contributed by atoms with Gasteiger partial charge in [0.2, 0.25) is 5.91 Å². The summed E-state index contributed by atoms with van der Waals surface area (Å²) < 4.78 is 2.97. The van der Waals surface area contributed by atoms with Crippen LogP contribution in [0.3, 0.4) is 0 Å². The number of carbonyl (C=O) groups excluding carboxylic acids is 1. The first-order chi connectivity index (χ1) is 8.49. The Morgan fingerprint density at radius 3 is 2.83 bits per heavy atom. The smallest absolute Gasteiger partial charge is 0.221 e. The van der Waals surface area contributed by atoms with E-state index >= 15 is 0 Å². The minimum Gasteiger partial charge on any atom is -0.356 e. The maximum Gasteiger partial charge on any atom is 0.221 e. The molecule has 18 heavy (non-hydrogen) atoms. The van der Waals surface area contributed by atoms with Gasteiger partial charge in [0, 0.05) is 25.7 Å². The number of amides is 1. The monoisotopic (exact) mass is 364 g/mol. The molecule has 1 aromatic heterocycles. The number of aryl methyl sites for hydroxylation is 2. The number of hydrogen-bond donors (Lipinski definition) is 1. The van der Waals surface area contributed by atoms with E-state index in [-0.39, 0.29) is 5.91 Å². The first-order valence-corrected chi connectivity index (χ1v) is 7.18. The van der Waals surface area contributed by atoms with Crippen molar-refractivity contribution in [2.24, 2.45) is 0 Å². The van der Waals surface area contributed by atoms with Gasteiger partial charge in [0.05, 0.1) is 9.26 Å². The molecule has 1 heterocycles. The highest BCUT2D eigenvalue weighted by atomic mass is 127. The van der Waals surface area contributed by atoms with Crippen LogP contribution in [-0.4, -0.2) is 47.8 Å². The lowest BCUT2D eigenvalue weighted by Crippen LogP contribution is -2.27. The molecule has 5 nitrogen and oxygen atoms in total. The predicted molar refractivity (Wildman–Crippen MR) is 80.5 cm³/mol. The number of nitrogens with zero attached hydrogens (tertiary/aromatic N) is 3. The van der Waals surface area contributed by atoms with Gasteiger partial charge in [-0.1, -0.05) is 0 Å². The van der Waals surface area contributed by atoms with E-state index in [1.807, 2.05) is 31.9 Å². The molecule has 0 aliphatic carbocycles. The van der Waals surface area contributed by atoms with Gasteiger partial charge in [-0.25, -0.2) is 0 Å². The van der Waals surface area contributed by atoms with Crippen LogP contribution < -0.4 is 5.32 Å². The summed E-state index contributed by atoms with van der Waals surface area (Å²) in [5, 5.41) is 7.25. The molecular formula is C12H21IN4O. The summed E-state index contributed by atoms with van der Waals surface area (Å²) in [4.78, 5) is 13.7. The van der Waals surface area contributed by atoms with Gasteiger partial charge >= 0.3 is 0 Å². The summed E-state index contributed by atoms with van der Waals surface area (Å²) in [7, 11) is 4.06. The van der Waals surface area contributed by atoms with Crippen molar-refractivity contribution in [2.75, 3.05) is 27.2 Å². The number of halogens is 1. The van der Waals surface area contributed by atoms with Crippen molar-refractivity contribution < 1.29 is 4.79 Å². The van der Waals surface area contributed by atoms with Crippen LogP contribution in [-0.2, 0) is 11.3 Å². The number of rotatable bonds is 7. The Balaban J connectivity index is 2.17. The summed E-state index contributed by atoms with van der Waals surface area (Å²) in [6, 6.07) is 0. The van der Waals surface area contributed by atoms with E-state index in [1.54, 1.807) is 0 Å². The Kier molecular flexibility index (Phi) is 6.62. The lowest BCUT2D eigenvalue weighted by molar-refractivity contribution is -0.121. The van der Waals surface area contributed by atoms with Crippen molar-refractivity contribution in [3.8, 4) is 0 Å². The van der Waals surface area contributed by atoms with Gasteiger partial charge in [-0.15, -0.1) is 0 Å². The zero-order valence-electron chi connectivity index (χ0n) is 11.2. The molecule has 1 aromatic rings. The standard InChI is InChI=1S/C12H21IN4O/c1-10-11(13)9-17(15-10)8-5-12(18)14-6-4-7-16(2)3/h9H,4-8H2,1-3H3,(H,14,18). The first kappa shape index (κ1) is 15.4. The van der Waals surface area contributed by atoms with Crippen LogP contribution in [0.5, 0.6) is 0 Å². The van der Waals surface area contributed by atoms with E-state index < -0.39 is 0 Å². The minimum absolute atomic E-state index is 0.0944. The van der Waals surface area contributed by atoms with Crippen LogP contribution >= 0.6 is 22.6 Å². The molecule has 6 heteroatoms. The number of nitrogens with one attached hydrogen (secondary N) is 1. The van der Waals surface area contributed by atoms with Crippen LogP contribution in [0.25, 0.3) is 0 Å². The molecule has 1 N–H and O–H groups in total. The van der Waals surface area contributed by atoms with Crippen LogP contribution in [0.4, 0.5) is 0 Å². The Morgan fingerprint density at radius 2 is 2.28 bits per heavy atom. The zero-order valence-corrected chi connectivity index (χ0v) is 13.4. The SMILES string of the molecule is Cc1nn(CCC(=O)NCCCN(C)C)cc1I. The molecular weight excluding hydrogens is 343 g/mol. The van der Waals surface area contributed by atoms with Crippen molar-refractivity contribution in [3.05, 3.63) is 15.5 Å². The van der Waals surface area contributed by atoms with Crippen molar-refractivity contribution in [1.29, 1.82) is 0 Å². The van der Waals surface area contributed by atoms with Crippen molar-refractivity contribution in [3.63, 3.8) is 0 Å². The summed E-state index contributed by atoms with van der Waals surface area (Å²) in [6.07, 6.45) is 3.44. The van der Waals surface area contributed by atoms with Gasteiger partial charge in [-0.05, 0) is 56.6 Å². The molecule has 0 radical (unpaired) electrons. The van der Waals surface area contributed by atoms with Crippen LogP contribution in [0.1, 0.15) is 18.5 Å². The average molecular weight is 364 g/mol. The molecule has 0 bridgehead atoms. The molecule has 0 aliphatic rings. The highest BCUT2D eigenvalue weighted by Gasteiger charge is 2.04. The zero-order chi connectivity index (χ0) is 13.5. The first-order valence-electron chi connectivity index (χ1n) is 6.10. The Hall–Kier alpha value is -0.630. The van der Waals surface area contributed by atoms with Crippen molar-refractivity contribution >= 4 is 28.5 Å². The van der Waals surface area contributed by atoms with E-state index in [4.69, 9.17) is 0 Å². The van der Waals surface area contributed by atoms with Crippen LogP contribution in [0.2, 0.25) is 0 Å². The molecule has 0 spiro atoms. The lowest BCUT2D eigenvalue weighted by Gasteiger charge is -2.09. The quantitative estimate of drug-likeness (QED) is 0.585. The highest BCUT2D eigenvalue weighted by Crippen LogP contribution is 2.08. The Morgan fingerprint density at radius 1 is 1.56 bits per heavy atom. The Labute approximate surface area is 122 Å². The van der Waals surface area contributed by atoms with Gasteiger partial charge in [0.15, 0.2) is 0 Å². The fourth-order valence-corrected chi connectivity index (χ4v) is 1.97. The predicted octanol–water partition coefficient (Wildman–Crippen LogP) is 1.25. The third-order valence-corrected chi connectivity index (χ3v) is 3.62. The van der Waals surface area contributed by atoms with Crippen LogP contribution in [0, 0.1) is 10.5 Å². The highest BCUT2D eigenvalue weighted by molar-refractivity contribution is 14.1. The molecule has 1 rings (SSSR count). The molecule has 0 fully saturated rings. The maximum absolute atomic E-state index is 11.6. The summed E-state index contributed by atoms with van der Waals surface area (Å²) in [6.45, 7) is 4.35. The van der Waals surface area contributed by atoms with E-state index in [2.05, 4.69) is 37.9 Å². The van der Waals surface area contributed by atoms with E-state index in [1.165, 1.54) is 0 Å². The fraction of sp³-hybridized carbons (Fsp3) is 0.667. The molecule has 0 aromatic carbocycles. The topological polar surface area (TPSA) is 50.2 Å². The Bertz CT molecular complexity index is 370. The van der Waals surface area contributed by atoms with E-state index in [0.717, 1.165) is 28.8 Å². The third kappa shape index (κ3) is 5.81. The van der Waals surface area contributed by atoms with Crippen molar-refractivity contribution in [1.82, 2.24) is 20.0 Å². The van der Waals surface area contributed by atoms with Gasteiger partial charge < -0.3 is 10.2 Å². The van der Waals surface area contributed by atoms with Gasteiger partial charge in [-0.3, -0.25) is 9.48 Å². The second-order valence-electron chi connectivity index (χ2n) is 4.58. The minimum atomic E-state index is 0.0944. The second-order valence-corrected chi connectivity index (χ2v) is 5.74. The molecule has 0 saturated heterocycles. The molecule has 0 aliphatic heterocycles. The van der Waals surface area contributed by atoms with Gasteiger partial charge in [-0.2, -0.15) is 5.10 Å². The molecule has 0 unspecified atom stereocenters. The number of hydrogen-bond acceptors (Lipinski definition) is 3. The number of aromatic nitrogens is 2. The molecule has 0 atom stereocenters. The van der Waals surface area contributed by atoms with Gasteiger partial charge in [0.25, 0.3) is 0 Å². The molecule has 1 amide bonds. The van der Waals surface area contributed by atoms with E-state index in [0.29, 0.717) is 13.0 Å². The largest absolute Gasteiger partial charge is 0.356 e. The number of carbonyl (C=O) groups is 1. The normalized spacial score (nSPS) is 10.9. The third-order valence-electron chi connectivity index (χ3n) is 2.56. The molecule has 0 saturated carbocycles. The summed E-state index contributed by atoms with van der Waals surface area (Å²) in [5.41, 5.74) is 1.02. The molecule has 102 valence electrons. The van der Waals surface area contributed by atoms with E-state index in [9.17, 15) is 4.79 Å². The summed E-state index contributed by atoms with van der Waals surface area (Å²) >= 11 is 2.25. The fourth-order valence-electron chi connectivity index (χ4n) is 1.54. The second kappa shape index (κ2) is 7.73. The maximum atomic E-state index is 11.6. The summed E-state index contributed by atoms with van der Waals surface area (Å²) in [5.74, 6) is 0.0944. The van der Waals surface area contributed by atoms with Gasteiger partial charge in [0.1, 0.15) is 0 Å². The van der Waals surface area contributed by atoms with Crippen molar-refractivity contribution in [2.45, 2.75) is 26.3 Å². The average Bonchev–Trinajstić information content (AvgIpc) is 2.61. The lowest BCUT2D eigenvalue weighted by atomic mass is 10.3.